The van der Waals surface area contributed by atoms with Crippen LogP contribution in [-0.2, 0) is 4.79 Å². The van der Waals surface area contributed by atoms with Gasteiger partial charge in [-0.1, -0.05) is 19.3 Å². The summed E-state index contributed by atoms with van der Waals surface area (Å²) in [6.07, 6.45) is 10.4. The van der Waals surface area contributed by atoms with Crippen molar-refractivity contribution in [3.05, 3.63) is 0 Å². The lowest BCUT2D eigenvalue weighted by molar-refractivity contribution is -0.136. The summed E-state index contributed by atoms with van der Waals surface area (Å²) >= 11 is 0. The van der Waals surface area contributed by atoms with Crippen LogP contribution in [0.2, 0.25) is 0 Å². The van der Waals surface area contributed by atoms with Crippen molar-refractivity contribution < 1.29 is 4.79 Å². The molecule has 1 aliphatic carbocycles. The molecule has 3 saturated heterocycles. The highest BCUT2D eigenvalue weighted by molar-refractivity contribution is 5.85. The first-order valence-electron chi connectivity index (χ1n) is 9.10. The number of carbonyl (C=O) groups excluding carboxylic acids is 1. The van der Waals surface area contributed by atoms with Gasteiger partial charge < -0.3 is 10.2 Å². The molecule has 4 unspecified atom stereocenters. The quantitative estimate of drug-likeness (QED) is 0.776. The predicted octanol–water partition coefficient (Wildman–Crippen LogP) is 2.45. The number of hydrogen-bond donors (Lipinski definition) is 1. The molecular formula is C17H31Cl2N3O. The number of halogens is 2. The Morgan fingerprint density at radius 2 is 1.70 bits per heavy atom. The lowest BCUT2D eigenvalue weighted by Crippen LogP contribution is -2.58. The minimum Gasteiger partial charge on any atom is -0.338 e. The van der Waals surface area contributed by atoms with E-state index >= 15 is 0 Å². The molecule has 3 heterocycles. The maximum absolute atomic E-state index is 12.9. The van der Waals surface area contributed by atoms with Crippen molar-refractivity contribution in [1.29, 1.82) is 0 Å². The maximum Gasteiger partial charge on any atom is 0.239 e. The standard InChI is InChI=1S/C17H29N3O.2ClH/c21-17(16-11-13-5-1-2-7-15(13)18-16)20-10-9-19-8-4-3-6-14(19)12-20;;/h13-16,18H,1-12H2;2*1H. The largest absolute Gasteiger partial charge is 0.338 e. The van der Waals surface area contributed by atoms with Crippen LogP contribution in [-0.4, -0.2) is 60.0 Å². The van der Waals surface area contributed by atoms with Crippen LogP contribution in [0, 0.1) is 5.92 Å². The highest BCUT2D eigenvalue weighted by Gasteiger charge is 2.41. The summed E-state index contributed by atoms with van der Waals surface area (Å²) in [6, 6.07) is 1.39. The van der Waals surface area contributed by atoms with Gasteiger partial charge in [0.1, 0.15) is 0 Å². The SMILES string of the molecule is Cl.Cl.O=C(C1CC2CCCCC2N1)N1CCN2CCCCC2C1. The zero-order chi connectivity index (χ0) is 14.2. The number of hydrogen-bond acceptors (Lipinski definition) is 3. The number of rotatable bonds is 1. The van der Waals surface area contributed by atoms with Crippen LogP contribution in [0.1, 0.15) is 51.4 Å². The smallest absolute Gasteiger partial charge is 0.239 e. The molecule has 0 bridgehead atoms. The van der Waals surface area contributed by atoms with Crippen molar-refractivity contribution >= 4 is 30.7 Å². The van der Waals surface area contributed by atoms with Crippen LogP contribution in [0.4, 0.5) is 0 Å². The van der Waals surface area contributed by atoms with E-state index in [-0.39, 0.29) is 30.9 Å². The molecule has 0 spiro atoms. The Kier molecular flexibility index (Phi) is 7.02. The minimum absolute atomic E-state index is 0. The molecule has 4 aliphatic rings. The summed E-state index contributed by atoms with van der Waals surface area (Å²) in [5.74, 6) is 1.17. The molecule has 4 rings (SSSR count). The Balaban J connectivity index is 0.000000960. The second-order valence-corrected chi connectivity index (χ2v) is 7.58. The van der Waals surface area contributed by atoms with Gasteiger partial charge >= 0.3 is 0 Å². The molecule has 3 aliphatic heterocycles. The van der Waals surface area contributed by atoms with Crippen molar-refractivity contribution in [3.63, 3.8) is 0 Å². The second kappa shape index (κ2) is 8.37. The first-order chi connectivity index (χ1) is 10.3. The van der Waals surface area contributed by atoms with Crippen molar-refractivity contribution in [3.8, 4) is 0 Å². The number of piperazine rings is 1. The van der Waals surface area contributed by atoms with E-state index in [4.69, 9.17) is 0 Å². The van der Waals surface area contributed by atoms with Gasteiger partial charge in [-0.2, -0.15) is 0 Å². The van der Waals surface area contributed by atoms with E-state index < -0.39 is 0 Å². The fourth-order valence-corrected chi connectivity index (χ4v) is 5.09. The molecule has 1 saturated carbocycles. The van der Waals surface area contributed by atoms with Gasteiger partial charge in [0.25, 0.3) is 0 Å². The third-order valence-electron chi connectivity index (χ3n) is 6.31. The number of nitrogens with zero attached hydrogens (tertiary/aromatic N) is 2. The topological polar surface area (TPSA) is 35.6 Å². The Morgan fingerprint density at radius 3 is 2.52 bits per heavy atom. The Labute approximate surface area is 152 Å². The van der Waals surface area contributed by atoms with E-state index in [1.54, 1.807) is 0 Å². The van der Waals surface area contributed by atoms with Crippen LogP contribution in [0.25, 0.3) is 0 Å². The molecule has 6 heteroatoms. The van der Waals surface area contributed by atoms with Crippen LogP contribution in [0.15, 0.2) is 0 Å². The summed E-state index contributed by atoms with van der Waals surface area (Å²) in [5, 5.41) is 3.66. The molecule has 4 atom stereocenters. The number of carbonyl (C=O) groups is 1. The maximum atomic E-state index is 12.9. The minimum atomic E-state index is 0. The monoisotopic (exact) mass is 363 g/mol. The average Bonchev–Trinajstić information content (AvgIpc) is 2.97. The fraction of sp³-hybridized carbons (Fsp3) is 0.941. The third-order valence-corrected chi connectivity index (χ3v) is 6.31. The summed E-state index contributed by atoms with van der Waals surface area (Å²) in [4.78, 5) is 17.6. The highest BCUT2D eigenvalue weighted by atomic mass is 35.5. The van der Waals surface area contributed by atoms with E-state index in [2.05, 4.69) is 15.1 Å². The van der Waals surface area contributed by atoms with Crippen LogP contribution >= 0.6 is 24.8 Å². The number of fused-ring (bicyclic) bond motifs is 2. The molecule has 23 heavy (non-hydrogen) atoms. The lowest BCUT2D eigenvalue weighted by Gasteiger charge is -2.44. The van der Waals surface area contributed by atoms with E-state index in [1.807, 2.05) is 0 Å². The van der Waals surface area contributed by atoms with E-state index in [1.165, 1.54) is 51.5 Å². The molecule has 1 amide bonds. The molecule has 134 valence electrons. The molecule has 4 nitrogen and oxygen atoms in total. The number of nitrogens with one attached hydrogen (secondary N) is 1. The summed E-state index contributed by atoms with van der Waals surface area (Å²) in [5.41, 5.74) is 0. The second-order valence-electron chi connectivity index (χ2n) is 7.58. The Bertz CT molecular complexity index is 395. The van der Waals surface area contributed by atoms with E-state index in [0.717, 1.165) is 32.0 Å². The number of amides is 1. The van der Waals surface area contributed by atoms with Crippen molar-refractivity contribution in [2.45, 2.75) is 69.5 Å². The normalized spacial score (nSPS) is 37.1. The lowest BCUT2D eigenvalue weighted by atomic mass is 9.85. The van der Waals surface area contributed by atoms with Gasteiger partial charge in [-0.25, -0.2) is 0 Å². The zero-order valence-electron chi connectivity index (χ0n) is 13.9. The molecule has 1 N–H and O–H groups in total. The average molecular weight is 364 g/mol. The van der Waals surface area contributed by atoms with Gasteiger partial charge in [0.15, 0.2) is 0 Å². The van der Waals surface area contributed by atoms with Crippen LogP contribution in [0.3, 0.4) is 0 Å². The predicted molar refractivity (Wildman–Crippen MR) is 97.6 cm³/mol. The first kappa shape index (κ1) is 19.3. The Hall–Kier alpha value is -0.0300. The summed E-state index contributed by atoms with van der Waals surface area (Å²) in [7, 11) is 0. The molecule has 0 radical (unpaired) electrons. The highest BCUT2D eigenvalue weighted by Crippen LogP contribution is 2.34. The summed E-state index contributed by atoms with van der Waals surface area (Å²) in [6.45, 7) is 4.27. The molecule has 0 aromatic heterocycles. The van der Waals surface area contributed by atoms with Crippen molar-refractivity contribution in [2.24, 2.45) is 5.92 Å². The van der Waals surface area contributed by atoms with Crippen LogP contribution < -0.4 is 5.32 Å². The molecule has 4 fully saturated rings. The zero-order valence-corrected chi connectivity index (χ0v) is 15.5. The van der Waals surface area contributed by atoms with E-state index in [0.29, 0.717) is 18.0 Å². The van der Waals surface area contributed by atoms with Gasteiger partial charge in [0, 0.05) is 31.7 Å². The van der Waals surface area contributed by atoms with Gasteiger partial charge in [0.05, 0.1) is 6.04 Å². The van der Waals surface area contributed by atoms with E-state index in [9.17, 15) is 4.79 Å². The van der Waals surface area contributed by atoms with Gasteiger partial charge in [0.2, 0.25) is 5.91 Å². The molecular weight excluding hydrogens is 333 g/mol. The van der Waals surface area contributed by atoms with Crippen molar-refractivity contribution in [2.75, 3.05) is 26.2 Å². The third kappa shape index (κ3) is 3.97. The summed E-state index contributed by atoms with van der Waals surface area (Å²) < 4.78 is 0. The van der Waals surface area contributed by atoms with Gasteiger partial charge in [-0.3, -0.25) is 9.69 Å². The van der Waals surface area contributed by atoms with Crippen molar-refractivity contribution in [1.82, 2.24) is 15.1 Å². The van der Waals surface area contributed by atoms with Gasteiger partial charge in [-0.15, -0.1) is 24.8 Å². The fourth-order valence-electron chi connectivity index (χ4n) is 5.09. The van der Waals surface area contributed by atoms with Crippen LogP contribution in [0.5, 0.6) is 0 Å². The number of piperidine rings is 1. The molecule has 0 aromatic rings. The first-order valence-corrected chi connectivity index (χ1v) is 9.10. The Morgan fingerprint density at radius 1 is 0.913 bits per heavy atom. The molecule has 0 aromatic carbocycles. The van der Waals surface area contributed by atoms with Gasteiger partial charge in [-0.05, 0) is 44.6 Å².